The lowest BCUT2D eigenvalue weighted by molar-refractivity contribution is 0.669. The largest absolute Gasteiger partial charge is 0.456 e. The molecule has 0 saturated heterocycles. The molecule has 0 fully saturated rings. The van der Waals surface area contributed by atoms with Crippen LogP contribution in [0.15, 0.2) is 156 Å². The molecule has 336 valence electrons. The van der Waals surface area contributed by atoms with Crippen LogP contribution < -0.4 is 76.5 Å². The Morgan fingerprint density at radius 3 is 1.34 bits per heavy atom. The SMILES string of the molecule is [B]c1c([B])c(-n2c3c([B])c([B])c([B])c([B])c3c3c([B])c4c([B])c([B])c([B])c([B])c4c([B])c32)c([B])c([B])c1-c1cc(-c2cc(-c3ccc(-c4ccccc4)cc3)nc(-c3ccc(-c4ccccc4)cc3)n2)c2c(c1)oc1ccccc12. The van der Waals surface area contributed by atoms with Crippen molar-refractivity contribution < 1.29 is 4.42 Å². The average molecular weight is 979 g/mol. The summed E-state index contributed by atoms with van der Waals surface area (Å²) in [6, 6.07) is 50.4. The Kier molecular flexibility index (Phi) is 12.5. The fourth-order valence-corrected chi connectivity index (χ4v) is 11.4. The molecule has 80 heavy (non-hydrogen) atoms. The third-order valence-electron chi connectivity index (χ3n) is 15.4. The fraction of sp³-hybridized carbons (Fsp3) is 0. The lowest BCUT2D eigenvalue weighted by Gasteiger charge is -2.27. The summed E-state index contributed by atoms with van der Waals surface area (Å²) >= 11 is 0. The van der Waals surface area contributed by atoms with Crippen molar-refractivity contribution in [3.63, 3.8) is 0 Å². The molecule has 4 nitrogen and oxygen atoms in total. The van der Waals surface area contributed by atoms with Crippen LogP contribution in [-0.4, -0.2) is 124 Å². The second-order valence-corrected chi connectivity index (χ2v) is 19.9. The van der Waals surface area contributed by atoms with E-state index in [1.54, 1.807) is 4.57 Å². The lowest BCUT2D eigenvalue weighted by Crippen LogP contribution is -2.50. The molecule has 0 aliphatic rings. The molecule has 3 aromatic heterocycles. The Morgan fingerprint density at radius 1 is 0.300 bits per heavy atom. The van der Waals surface area contributed by atoms with Crippen LogP contribution in [0.3, 0.4) is 0 Å². The van der Waals surface area contributed by atoms with Gasteiger partial charge in [-0.05, 0) is 73.8 Å². The molecular weight excluding hydrogens is 954 g/mol. The highest BCUT2D eigenvalue weighted by Gasteiger charge is 2.28. The van der Waals surface area contributed by atoms with Crippen molar-refractivity contribution in [3.05, 3.63) is 152 Å². The molecule has 0 amide bonds. The maximum atomic E-state index is 7.30. The number of para-hydroxylation sites is 1. The van der Waals surface area contributed by atoms with Gasteiger partial charge in [0.25, 0.3) is 0 Å². The molecule has 18 heteroatoms. The van der Waals surface area contributed by atoms with Gasteiger partial charge in [-0.15, -0.1) is 21.9 Å². The Bertz CT molecular complexity index is 4660. The molecule has 13 rings (SSSR count). The summed E-state index contributed by atoms with van der Waals surface area (Å²) in [7, 11) is 96.4. The number of furan rings is 1. The molecule has 3 heterocycles. The van der Waals surface area contributed by atoms with Gasteiger partial charge in [-0.2, -0.15) is 0 Å². The zero-order valence-corrected chi connectivity index (χ0v) is 42.8. The van der Waals surface area contributed by atoms with Crippen LogP contribution in [0.25, 0.3) is 127 Å². The lowest BCUT2D eigenvalue weighted by atomic mass is 9.60. The Labute approximate surface area is 481 Å². The minimum absolute atomic E-state index is 0.00214. The van der Waals surface area contributed by atoms with Crippen molar-refractivity contribution in [1.29, 1.82) is 0 Å². The third kappa shape index (κ3) is 7.79. The Hall–Kier alpha value is -7.95. The topological polar surface area (TPSA) is 43.9 Å². The zero-order chi connectivity index (χ0) is 55.7. The monoisotopic (exact) mass is 981 g/mol. The van der Waals surface area contributed by atoms with E-state index in [1.807, 2.05) is 91.0 Å². The van der Waals surface area contributed by atoms with E-state index in [4.69, 9.17) is 124 Å². The van der Waals surface area contributed by atoms with E-state index >= 15 is 0 Å². The standard InChI is InChI=1S/C62H25B14N3O/c63-45-41-42(49(67)53(71)52(70)48(41)66)51(69)59-43(45)44-50(68)54(72)55(73)58(76)60(44)79(59)61-56(74)46(64)39(47(65)57(61)75)32-23-34(40-33-13-7-8-14-37(33)80-38(40)24-32)36-25-35(30-19-15-28(16-20-30)26-9-3-1-4-10-26)77-62(78-36)31-21-17-29(18-22-31)27-11-5-2-6-12-27/h1-25H. The van der Waals surface area contributed by atoms with Crippen LogP contribution in [0.2, 0.25) is 0 Å². The summed E-state index contributed by atoms with van der Waals surface area (Å²) in [4.78, 5) is 10.6. The molecule has 0 aliphatic carbocycles. The van der Waals surface area contributed by atoms with Gasteiger partial charge in [0.05, 0.1) is 11.4 Å². The van der Waals surface area contributed by atoms with Crippen LogP contribution in [0, 0.1) is 0 Å². The minimum Gasteiger partial charge on any atom is -0.456 e. The highest BCUT2D eigenvalue weighted by atomic mass is 16.3. The van der Waals surface area contributed by atoms with Crippen molar-refractivity contribution in [1.82, 2.24) is 14.5 Å². The summed E-state index contributed by atoms with van der Waals surface area (Å²) in [5.74, 6) is 0.490. The van der Waals surface area contributed by atoms with Gasteiger partial charge < -0.3 is 8.98 Å². The van der Waals surface area contributed by atoms with Crippen molar-refractivity contribution in [2.75, 3.05) is 0 Å². The van der Waals surface area contributed by atoms with E-state index in [1.165, 1.54) is 0 Å². The van der Waals surface area contributed by atoms with Crippen LogP contribution in [0.4, 0.5) is 0 Å². The van der Waals surface area contributed by atoms with Crippen LogP contribution in [0.1, 0.15) is 0 Å². The molecule has 0 aliphatic heterocycles. The summed E-state index contributed by atoms with van der Waals surface area (Å²) in [5, 5.41) is 2.58. The van der Waals surface area contributed by atoms with Gasteiger partial charge in [0, 0.05) is 49.6 Å². The smallest absolute Gasteiger partial charge is 0.160 e. The van der Waals surface area contributed by atoms with Gasteiger partial charge in [-0.3, -0.25) is 0 Å². The van der Waals surface area contributed by atoms with E-state index in [2.05, 4.69) is 60.7 Å². The summed E-state index contributed by atoms with van der Waals surface area (Å²) in [6.45, 7) is 0. The number of aromatic nitrogens is 3. The van der Waals surface area contributed by atoms with Gasteiger partial charge >= 0.3 is 0 Å². The average Bonchev–Trinajstić information content (AvgIpc) is 2.91. The summed E-state index contributed by atoms with van der Waals surface area (Å²) < 4.78 is 8.24. The molecule has 13 aromatic rings. The molecule has 0 N–H and O–H groups in total. The first-order valence-electron chi connectivity index (χ1n) is 25.3. The van der Waals surface area contributed by atoms with Crippen LogP contribution in [0.5, 0.6) is 0 Å². The van der Waals surface area contributed by atoms with Crippen molar-refractivity contribution in [3.8, 4) is 73.0 Å². The second kappa shape index (κ2) is 19.4. The third-order valence-corrected chi connectivity index (χ3v) is 15.4. The molecule has 0 saturated carbocycles. The van der Waals surface area contributed by atoms with E-state index in [0.717, 1.165) is 44.2 Å². The molecule has 0 unspecified atom stereocenters. The van der Waals surface area contributed by atoms with E-state index in [0.29, 0.717) is 45.1 Å². The maximum Gasteiger partial charge on any atom is 0.160 e. The predicted octanol–water partition coefficient (Wildman–Crippen LogP) is -0.259. The van der Waals surface area contributed by atoms with Gasteiger partial charge in [0.1, 0.15) is 121 Å². The molecule has 0 spiro atoms. The molecule has 10 aromatic carbocycles. The highest BCUT2D eigenvalue weighted by Crippen LogP contribution is 2.41. The zero-order valence-electron chi connectivity index (χ0n) is 42.8. The quantitative estimate of drug-likeness (QED) is 0.207. The van der Waals surface area contributed by atoms with E-state index in [9.17, 15) is 0 Å². The van der Waals surface area contributed by atoms with Crippen molar-refractivity contribution >= 4 is 241 Å². The van der Waals surface area contributed by atoms with Crippen LogP contribution >= 0.6 is 0 Å². The normalized spacial score (nSPS) is 11.7. The molecule has 0 bridgehead atoms. The highest BCUT2D eigenvalue weighted by molar-refractivity contribution is 6.74. The summed E-state index contributed by atoms with van der Waals surface area (Å²) in [5.41, 5.74) is 10.5. The van der Waals surface area contributed by atoms with Gasteiger partial charge in [-0.1, -0.05) is 182 Å². The van der Waals surface area contributed by atoms with Crippen LogP contribution in [-0.2, 0) is 0 Å². The fourth-order valence-electron chi connectivity index (χ4n) is 11.4. The van der Waals surface area contributed by atoms with Gasteiger partial charge in [0.15, 0.2) is 5.82 Å². The molecular formula is C62H25B14N3O. The Morgan fingerprint density at radius 2 is 0.750 bits per heavy atom. The first-order chi connectivity index (χ1) is 38.5. The minimum atomic E-state index is -0.0306. The van der Waals surface area contributed by atoms with E-state index < -0.39 is 0 Å². The predicted molar refractivity (Wildman–Crippen MR) is 349 cm³/mol. The van der Waals surface area contributed by atoms with Crippen molar-refractivity contribution in [2.45, 2.75) is 0 Å². The molecule has 28 radical (unpaired) electrons. The van der Waals surface area contributed by atoms with E-state index in [-0.39, 0.29) is 115 Å². The van der Waals surface area contributed by atoms with Crippen molar-refractivity contribution in [2.24, 2.45) is 0 Å². The number of benzene rings is 10. The number of hydrogen-bond acceptors (Lipinski definition) is 3. The number of hydrogen-bond donors (Lipinski definition) is 0. The Balaban J connectivity index is 1.07. The van der Waals surface area contributed by atoms with Gasteiger partial charge in [-0.25, -0.2) is 9.97 Å². The molecule has 0 atom stereocenters. The number of rotatable bonds is 7. The summed E-state index contributed by atoms with van der Waals surface area (Å²) in [6.07, 6.45) is 0. The number of nitrogens with zero attached hydrogens (tertiary/aromatic N) is 3. The maximum absolute atomic E-state index is 7.30. The second-order valence-electron chi connectivity index (χ2n) is 19.9. The first-order valence-corrected chi connectivity index (χ1v) is 25.3. The van der Waals surface area contributed by atoms with Gasteiger partial charge in [0.2, 0.25) is 0 Å². The first kappa shape index (κ1) is 51.5. The number of fused-ring (bicyclic) bond motifs is 7.